The SMILES string of the molecule is S=C(Nc1ccc(Nc2ccccc2)cc1)NC1CCCCC1. The second-order valence-corrected chi connectivity index (χ2v) is 6.41. The van der Waals surface area contributed by atoms with E-state index in [0.717, 1.165) is 22.2 Å². The van der Waals surface area contributed by atoms with Crippen molar-refractivity contribution < 1.29 is 0 Å². The number of hydrogen-bond acceptors (Lipinski definition) is 2. The minimum absolute atomic E-state index is 0.530. The second-order valence-electron chi connectivity index (χ2n) is 6.00. The largest absolute Gasteiger partial charge is 0.360 e. The fourth-order valence-corrected chi connectivity index (χ4v) is 3.21. The molecule has 1 aliphatic rings. The molecule has 0 spiro atoms. The molecular weight excluding hydrogens is 302 g/mol. The molecule has 0 radical (unpaired) electrons. The van der Waals surface area contributed by atoms with Crippen LogP contribution in [0.4, 0.5) is 17.1 Å². The lowest BCUT2D eigenvalue weighted by atomic mass is 9.96. The molecule has 1 saturated carbocycles. The van der Waals surface area contributed by atoms with Gasteiger partial charge in [0.25, 0.3) is 0 Å². The van der Waals surface area contributed by atoms with Crippen LogP contribution in [0.5, 0.6) is 0 Å². The summed E-state index contributed by atoms with van der Waals surface area (Å²) in [5.41, 5.74) is 3.16. The van der Waals surface area contributed by atoms with E-state index < -0.39 is 0 Å². The smallest absolute Gasteiger partial charge is 0.170 e. The molecular formula is C19H23N3S. The number of thiocarbonyl (C=S) groups is 1. The zero-order valence-electron chi connectivity index (χ0n) is 13.2. The molecule has 0 unspecified atom stereocenters. The Morgan fingerprint density at radius 2 is 1.39 bits per heavy atom. The van der Waals surface area contributed by atoms with E-state index in [1.54, 1.807) is 0 Å². The highest BCUT2D eigenvalue weighted by atomic mass is 32.1. The highest BCUT2D eigenvalue weighted by molar-refractivity contribution is 7.80. The number of hydrogen-bond donors (Lipinski definition) is 3. The van der Waals surface area contributed by atoms with E-state index in [9.17, 15) is 0 Å². The van der Waals surface area contributed by atoms with Gasteiger partial charge in [0.15, 0.2) is 5.11 Å². The van der Waals surface area contributed by atoms with E-state index in [2.05, 4.69) is 40.2 Å². The van der Waals surface area contributed by atoms with Crippen molar-refractivity contribution in [2.75, 3.05) is 10.6 Å². The summed E-state index contributed by atoms with van der Waals surface area (Å²) in [5, 5.41) is 10.8. The highest BCUT2D eigenvalue weighted by Gasteiger charge is 2.13. The molecule has 0 heterocycles. The van der Waals surface area contributed by atoms with Gasteiger partial charge in [-0.3, -0.25) is 0 Å². The summed E-state index contributed by atoms with van der Waals surface area (Å²) in [6, 6.07) is 18.9. The van der Waals surface area contributed by atoms with Gasteiger partial charge >= 0.3 is 0 Å². The Hall–Kier alpha value is -2.07. The number of rotatable bonds is 4. The standard InChI is InChI=1S/C19H23N3S/c23-19(21-16-9-5-2-6-10-16)22-18-13-11-17(12-14-18)20-15-7-3-1-4-8-15/h1,3-4,7-8,11-14,16,20H,2,5-6,9-10H2,(H2,21,22,23). The Morgan fingerprint density at radius 3 is 2.09 bits per heavy atom. The average molecular weight is 325 g/mol. The topological polar surface area (TPSA) is 36.1 Å². The lowest BCUT2D eigenvalue weighted by Crippen LogP contribution is -2.38. The normalized spacial score (nSPS) is 15.0. The summed E-state index contributed by atoms with van der Waals surface area (Å²) in [6.45, 7) is 0. The van der Waals surface area contributed by atoms with Gasteiger partial charge < -0.3 is 16.0 Å². The summed E-state index contributed by atoms with van der Waals surface area (Å²) in [4.78, 5) is 0. The quantitative estimate of drug-likeness (QED) is 0.688. The molecule has 0 saturated heterocycles. The molecule has 2 aromatic rings. The maximum atomic E-state index is 5.42. The molecule has 1 fully saturated rings. The number of para-hydroxylation sites is 1. The van der Waals surface area contributed by atoms with Gasteiger partial charge in [0.1, 0.15) is 0 Å². The predicted octanol–water partition coefficient (Wildman–Crippen LogP) is 5.05. The van der Waals surface area contributed by atoms with E-state index in [-0.39, 0.29) is 0 Å². The van der Waals surface area contributed by atoms with Crippen LogP contribution in [0.1, 0.15) is 32.1 Å². The first-order valence-electron chi connectivity index (χ1n) is 8.29. The number of benzene rings is 2. The summed E-state index contributed by atoms with van der Waals surface area (Å²) in [6.07, 6.45) is 6.41. The molecule has 0 amide bonds. The first kappa shape index (κ1) is 15.8. The summed E-state index contributed by atoms with van der Waals surface area (Å²) >= 11 is 5.42. The van der Waals surface area contributed by atoms with Gasteiger partial charge in [-0.05, 0) is 61.5 Å². The molecule has 3 N–H and O–H groups in total. The number of anilines is 3. The maximum Gasteiger partial charge on any atom is 0.170 e. The van der Waals surface area contributed by atoms with Gasteiger partial charge in [-0.2, -0.15) is 0 Å². The van der Waals surface area contributed by atoms with Crippen LogP contribution in [0, 0.1) is 0 Å². The molecule has 2 aromatic carbocycles. The van der Waals surface area contributed by atoms with Gasteiger partial charge in [0.05, 0.1) is 0 Å². The molecule has 120 valence electrons. The van der Waals surface area contributed by atoms with Crippen LogP contribution in [0.25, 0.3) is 0 Å². The zero-order chi connectivity index (χ0) is 15.9. The molecule has 1 aliphatic carbocycles. The molecule has 3 rings (SSSR count). The van der Waals surface area contributed by atoms with Crippen LogP contribution in [0.3, 0.4) is 0 Å². The van der Waals surface area contributed by atoms with E-state index in [0.29, 0.717) is 6.04 Å². The van der Waals surface area contributed by atoms with Crippen molar-refractivity contribution in [2.24, 2.45) is 0 Å². The number of nitrogens with one attached hydrogen (secondary N) is 3. The van der Waals surface area contributed by atoms with E-state index in [4.69, 9.17) is 12.2 Å². The minimum atomic E-state index is 0.530. The van der Waals surface area contributed by atoms with Crippen LogP contribution >= 0.6 is 12.2 Å². The Bertz CT molecular complexity index is 619. The fourth-order valence-electron chi connectivity index (χ4n) is 2.92. The lowest BCUT2D eigenvalue weighted by Gasteiger charge is -2.24. The van der Waals surface area contributed by atoms with Crippen molar-refractivity contribution in [3.8, 4) is 0 Å². The van der Waals surface area contributed by atoms with E-state index in [1.807, 2.05) is 30.3 Å². The Balaban J connectivity index is 1.51. The van der Waals surface area contributed by atoms with Gasteiger partial charge in [-0.15, -0.1) is 0 Å². The van der Waals surface area contributed by atoms with Crippen molar-refractivity contribution >= 4 is 34.4 Å². The van der Waals surface area contributed by atoms with E-state index >= 15 is 0 Å². The van der Waals surface area contributed by atoms with Gasteiger partial charge in [-0.1, -0.05) is 37.5 Å². The van der Waals surface area contributed by atoms with E-state index in [1.165, 1.54) is 32.1 Å². The average Bonchev–Trinajstić information content (AvgIpc) is 2.58. The fraction of sp³-hybridized carbons (Fsp3) is 0.316. The van der Waals surface area contributed by atoms with Gasteiger partial charge in [0.2, 0.25) is 0 Å². The Labute approximate surface area is 143 Å². The third kappa shape index (κ3) is 4.96. The molecule has 0 bridgehead atoms. The minimum Gasteiger partial charge on any atom is -0.360 e. The molecule has 0 aliphatic heterocycles. The van der Waals surface area contributed by atoms with Crippen LogP contribution in [0.2, 0.25) is 0 Å². The molecule has 3 nitrogen and oxygen atoms in total. The van der Waals surface area contributed by atoms with Crippen molar-refractivity contribution in [1.29, 1.82) is 0 Å². The maximum absolute atomic E-state index is 5.42. The van der Waals surface area contributed by atoms with Crippen LogP contribution in [0.15, 0.2) is 54.6 Å². The van der Waals surface area contributed by atoms with Crippen LogP contribution < -0.4 is 16.0 Å². The second kappa shape index (κ2) is 7.97. The molecule has 4 heteroatoms. The summed E-state index contributed by atoms with van der Waals surface area (Å²) in [5.74, 6) is 0. The van der Waals surface area contributed by atoms with Gasteiger partial charge in [0, 0.05) is 23.1 Å². The first-order chi connectivity index (χ1) is 11.3. The lowest BCUT2D eigenvalue weighted by molar-refractivity contribution is 0.415. The molecule has 0 atom stereocenters. The first-order valence-corrected chi connectivity index (χ1v) is 8.70. The van der Waals surface area contributed by atoms with Crippen LogP contribution in [-0.4, -0.2) is 11.2 Å². The van der Waals surface area contributed by atoms with Crippen molar-refractivity contribution in [2.45, 2.75) is 38.1 Å². The summed E-state index contributed by atoms with van der Waals surface area (Å²) < 4.78 is 0. The summed E-state index contributed by atoms with van der Waals surface area (Å²) in [7, 11) is 0. The Morgan fingerprint density at radius 1 is 0.783 bits per heavy atom. The van der Waals surface area contributed by atoms with Crippen molar-refractivity contribution in [3.63, 3.8) is 0 Å². The highest BCUT2D eigenvalue weighted by Crippen LogP contribution is 2.20. The van der Waals surface area contributed by atoms with Crippen molar-refractivity contribution in [1.82, 2.24) is 5.32 Å². The van der Waals surface area contributed by atoms with Crippen molar-refractivity contribution in [3.05, 3.63) is 54.6 Å². The zero-order valence-corrected chi connectivity index (χ0v) is 14.0. The Kier molecular flexibility index (Phi) is 5.48. The molecule has 0 aromatic heterocycles. The third-order valence-corrected chi connectivity index (χ3v) is 4.37. The van der Waals surface area contributed by atoms with Gasteiger partial charge in [-0.25, -0.2) is 0 Å². The van der Waals surface area contributed by atoms with Crippen LogP contribution in [-0.2, 0) is 0 Å². The third-order valence-electron chi connectivity index (χ3n) is 4.15. The predicted molar refractivity (Wildman–Crippen MR) is 102 cm³/mol. The molecule has 23 heavy (non-hydrogen) atoms. The monoisotopic (exact) mass is 325 g/mol.